The van der Waals surface area contributed by atoms with Crippen molar-refractivity contribution in [2.75, 3.05) is 38.5 Å². The summed E-state index contributed by atoms with van der Waals surface area (Å²) in [5.74, 6) is 0. The van der Waals surface area contributed by atoms with E-state index in [0.29, 0.717) is 26.4 Å². The van der Waals surface area contributed by atoms with Gasteiger partial charge in [-0.25, -0.2) is 4.98 Å². The first kappa shape index (κ1) is 27.9. The predicted molar refractivity (Wildman–Crippen MR) is 148 cm³/mol. The van der Waals surface area contributed by atoms with Crippen LogP contribution in [0.25, 0.3) is 5.65 Å². The Morgan fingerprint density at radius 1 is 1.03 bits per heavy atom. The number of aromatic nitrogens is 2. The summed E-state index contributed by atoms with van der Waals surface area (Å²) in [6.07, 6.45) is 4.24. The van der Waals surface area contributed by atoms with Crippen LogP contribution in [-0.2, 0) is 18.9 Å². The van der Waals surface area contributed by atoms with Gasteiger partial charge in [-0.2, -0.15) is 0 Å². The molecule has 7 nitrogen and oxygen atoms in total. The molecule has 4 rings (SSSR count). The molecule has 0 spiro atoms. The van der Waals surface area contributed by atoms with E-state index in [1.807, 2.05) is 32.0 Å². The lowest BCUT2D eigenvalue weighted by Gasteiger charge is -2.40. The van der Waals surface area contributed by atoms with Crippen molar-refractivity contribution in [3.8, 4) is 0 Å². The highest BCUT2D eigenvalue weighted by Gasteiger charge is 2.40. The number of anilines is 1. The minimum atomic E-state index is -0.319. The quantitative estimate of drug-likeness (QED) is 0.149. The van der Waals surface area contributed by atoms with Crippen molar-refractivity contribution < 1.29 is 18.9 Å². The average molecular weight is 530 g/mol. The Morgan fingerprint density at radius 2 is 1.84 bits per heavy atom. The van der Waals surface area contributed by atoms with Crippen LogP contribution < -0.4 is 5.32 Å². The van der Waals surface area contributed by atoms with Crippen LogP contribution in [0.4, 0.5) is 5.69 Å². The van der Waals surface area contributed by atoms with Crippen LogP contribution in [0.5, 0.6) is 0 Å². The van der Waals surface area contributed by atoms with E-state index in [9.17, 15) is 0 Å². The monoisotopic (exact) mass is 529 g/mol. The number of hydrogen-bond donors (Lipinski definition) is 1. The first-order chi connectivity index (χ1) is 18.0. The molecule has 0 amide bonds. The summed E-state index contributed by atoms with van der Waals surface area (Å²) < 4.78 is 26.5. The molecule has 2 aromatic heterocycles. The number of hydrogen-bond acceptors (Lipinski definition) is 6. The number of alkyl halides is 1. The Bertz CT molecular complexity index is 1120. The van der Waals surface area contributed by atoms with Crippen LogP contribution >= 0.6 is 11.6 Å². The van der Waals surface area contributed by atoms with Gasteiger partial charge >= 0.3 is 0 Å². The van der Waals surface area contributed by atoms with Crippen LogP contribution in [-0.4, -0.2) is 54.1 Å². The van der Waals surface area contributed by atoms with Crippen LogP contribution in [0.3, 0.4) is 0 Å². The number of benzene rings is 1. The fourth-order valence-corrected chi connectivity index (χ4v) is 4.96. The maximum Gasteiger partial charge on any atom is 0.161 e. The maximum absolute atomic E-state index is 6.49. The second kappa shape index (κ2) is 13.6. The molecule has 1 N–H and O–H groups in total. The van der Waals surface area contributed by atoms with Gasteiger partial charge in [-0.15, -0.1) is 11.6 Å². The largest absolute Gasteiger partial charge is 0.379 e. The number of imidazole rings is 1. The third-order valence-corrected chi connectivity index (χ3v) is 7.54. The molecule has 1 unspecified atom stereocenters. The van der Waals surface area contributed by atoms with Gasteiger partial charge in [-0.3, -0.25) is 0 Å². The van der Waals surface area contributed by atoms with E-state index in [-0.39, 0.29) is 30.4 Å². The Labute approximate surface area is 225 Å². The lowest BCUT2D eigenvalue weighted by atomic mass is 9.88. The van der Waals surface area contributed by atoms with Crippen LogP contribution in [0.2, 0.25) is 0 Å². The van der Waals surface area contributed by atoms with E-state index >= 15 is 0 Å². The number of fused-ring (bicyclic) bond motifs is 3. The second-order valence-corrected chi connectivity index (χ2v) is 10.1. The number of pyridine rings is 1. The Kier molecular flexibility index (Phi) is 10.2. The molecule has 1 aliphatic heterocycles. The van der Waals surface area contributed by atoms with E-state index in [1.54, 1.807) is 0 Å². The zero-order valence-electron chi connectivity index (χ0n) is 22.4. The molecule has 1 aliphatic rings. The molecular weight excluding hydrogens is 490 g/mol. The molecule has 202 valence electrons. The normalized spacial score (nSPS) is 20.1. The lowest BCUT2D eigenvalue weighted by Crippen LogP contribution is -2.40. The number of nitrogens with zero attached hydrogens (tertiary/aromatic N) is 2. The molecule has 0 aliphatic carbocycles. The lowest BCUT2D eigenvalue weighted by molar-refractivity contribution is -0.151. The summed E-state index contributed by atoms with van der Waals surface area (Å²) in [6, 6.07) is 12.3. The molecule has 4 atom stereocenters. The van der Waals surface area contributed by atoms with Gasteiger partial charge in [0.25, 0.3) is 0 Å². The van der Waals surface area contributed by atoms with Crippen molar-refractivity contribution in [2.24, 2.45) is 0 Å². The first-order valence-corrected chi connectivity index (χ1v) is 13.8. The van der Waals surface area contributed by atoms with E-state index in [0.717, 1.165) is 53.1 Å². The van der Waals surface area contributed by atoms with Crippen LogP contribution in [0.15, 0.2) is 42.6 Å². The molecule has 1 aromatic carbocycles. The SMILES string of the molecule is CCOCCO[C@@H]1c2ccn3c(C)c(C)nc3c2N[C@H](c2ccccc2)[C@H]1OCOCCCC(Cl)CC. The second-order valence-electron chi connectivity index (χ2n) is 9.45. The summed E-state index contributed by atoms with van der Waals surface area (Å²) in [5, 5.41) is 3.96. The summed E-state index contributed by atoms with van der Waals surface area (Å²) >= 11 is 6.25. The molecular formula is C29H40ClN3O4. The van der Waals surface area contributed by atoms with E-state index in [2.05, 4.69) is 48.0 Å². The third-order valence-electron chi connectivity index (χ3n) is 7.02. The van der Waals surface area contributed by atoms with Gasteiger partial charge in [-0.05, 0) is 51.7 Å². The zero-order valence-corrected chi connectivity index (χ0v) is 23.2. The van der Waals surface area contributed by atoms with Crippen LogP contribution in [0.1, 0.15) is 67.8 Å². The van der Waals surface area contributed by atoms with E-state index in [4.69, 9.17) is 35.5 Å². The van der Waals surface area contributed by atoms with Gasteiger partial charge in [0.15, 0.2) is 5.65 Å². The number of ether oxygens (including phenoxy) is 4. The summed E-state index contributed by atoms with van der Waals surface area (Å²) in [5.41, 5.74) is 6.15. The molecule has 0 bridgehead atoms. The standard InChI is InChI=1S/C29H40ClN3O4/c1-5-23(30)13-10-16-35-19-37-28-25(22-11-8-7-9-12-22)32-26-24(27(28)36-18-17-34-6-2)14-15-33-21(4)20(3)31-29(26)33/h7-9,11-12,14-15,23,25,27-28,32H,5-6,10,13,16-19H2,1-4H3/t23?,25-,27-,28-/m1/s1. The Morgan fingerprint density at radius 3 is 2.59 bits per heavy atom. The van der Waals surface area contributed by atoms with Crippen molar-refractivity contribution in [1.29, 1.82) is 0 Å². The smallest absolute Gasteiger partial charge is 0.161 e. The zero-order chi connectivity index (χ0) is 26.2. The van der Waals surface area contributed by atoms with Gasteiger partial charge in [-0.1, -0.05) is 37.3 Å². The summed E-state index contributed by atoms with van der Waals surface area (Å²) in [4.78, 5) is 4.88. The highest BCUT2D eigenvalue weighted by molar-refractivity contribution is 6.20. The minimum Gasteiger partial charge on any atom is -0.379 e. The van der Waals surface area contributed by atoms with Crippen molar-refractivity contribution in [3.63, 3.8) is 0 Å². The molecule has 0 saturated carbocycles. The molecule has 0 radical (unpaired) electrons. The number of aryl methyl sites for hydroxylation is 2. The average Bonchev–Trinajstić information content (AvgIpc) is 3.22. The summed E-state index contributed by atoms with van der Waals surface area (Å²) in [6.45, 7) is 10.6. The van der Waals surface area contributed by atoms with Gasteiger partial charge in [0, 0.05) is 36.0 Å². The fourth-order valence-electron chi connectivity index (χ4n) is 4.80. The van der Waals surface area contributed by atoms with E-state index in [1.165, 1.54) is 0 Å². The van der Waals surface area contributed by atoms with E-state index < -0.39 is 0 Å². The Hall–Kier alpha value is -2.16. The maximum atomic E-state index is 6.49. The fraction of sp³-hybridized carbons (Fsp3) is 0.552. The van der Waals surface area contributed by atoms with Crippen molar-refractivity contribution in [2.45, 2.75) is 70.6 Å². The highest BCUT2D eigenvalue weighted by Crippen LogP contribution is 2.44. The van der Waals surface area contributed by atoms with Gasteiger partial charge in [0.05, 0.1) is 30.6 Å². The van der Waals surface area contributed by atoms with Crippen molar-refractivity contribution in [3.05, 3.63) is 65.1 Å². The van der Waals surface area contributed by atoms with Gasteiger partial charge in [0.2, 0.25) is 0 Å². The molecule has 8 heteroatoms. The van der Waals surface area contributed by atoms with Crippen LogP contribution in [0, 0.1) is 13.8 Å². The number of rotatable bonds is 14. The van der Waals surface area contributed by atoms with Crippen molar-refractivity contribution >= 4 is 22.9 Å². The first-order valence-electron chi connectivity index (χ1n) is 13.4. The predicted octanol–water partition coefficient (Wildman–Crippen LogP) is 6.37. The molecule has 3 heterocycles. The minimum absolute atomic E-state index is 0.148. The highest BCUT2D eigenvalue weighted by atomic mass is 35.5. The molecule has 0 saturated heterocycles. The number of nitrogens with one attached hydrogen (secondary N) is 1. The summed E-state index contributed by atoms with van der Waals surface area (Å²) in [7, 11) is 0. The molecule has 0 fully saturated rings. The molecule has 3 aromatic rings. The van der Waals surface area contributed by atoms with Gasteiger partial charge in [0.1, 0.15) is 19.0 Å². The Balaban J connectivity index is 1.62. The van der Waals surface area contributed by atoms with Crippen molar-refractivity contribution in [1.82, 2.24) is 9.38 Å². The van der Waals surface area contributed by atoms with Gasteiger partial charge < -0.3 is 28.7 Å². The number of halogens is 1. The molecule has 37 heavy (non-hydrogen) atoms. The third kappa shape index (κ3) is 6.65. The topological polar surface area (TPSA) is 66.3 Å².